The zero-order valence-electron chi connectivity index (χ0n) is 7.58. The lowest BCUT2D eigenvalue weighted by molar-refractivity contribution is -0.393. The number of aromatic amines is 1. The number of fused-ring (bicyclic) bond motifs is 1. The second-order valence-electron chi connectivity index (χ2n) is 2.94. The summed E-state index contributed by atoms with van der Waals surface area (Å²) in [5, 5.41) is 36.5. The molecule has 82 valence electrons. The molecule has 0 atom stereocenters. The molecule has 0 fully saturated rings. The van der Waals surface area contributed by atoms with Crippen LogP contribution in [0, 0.1) is 20.2 Å². The Morgan fingerprint density at radius 2 is 1.88 bits per heavy atom. The SMILES string of the molecule is O=[N+]([O-])c1cc([N+](=O)[O-])c2cn[nH]c2c1O. The van der Waals surface area contributed by atoms with E-state index in [2.05, 4.69) is 10.2 Å². The number of phenolic OH excluding ortho intramolecular Hbond substituents is 1. The normalized spacial score (nSPS) is 10.5. The van der Waals surface area contributed by atoms with Crippen molar-refractivity contribution in [3.63, 3.8) is 0 Å². The molecular weight excluding hydrogens is 220 g/mol. The number of nitro benzene ring substituents is 2. The standard InChI is InChI=1S/C7H4N4O5/c12-7-5(11(15)16)1-4(10(13)14)3-2-8-9-6(3)7/h1-2,12H,(H,8,9). The van der Waals surface area contributed by atoms with Gasteiger partial charge in [-0.25, -0.2) is 0 Å². The molecular formula is C7H4N4O5. The molecule has 2 N–H and O–H groups in total. The monoisotopic (exact) mass is 224 g/mol. The van der Waals surface area contributed by atoms with Gasteiger partial charge in [0.1, 0.15) is 10.9 Å². The summed E-state index contributed by atoms with van der Waals surface area (Å²) in [6.45, 7) is 0. The molecule has 2 rings (SSSR count). The van der Waals surface area contributed by atoms with Crippen LogP contribution < -0.4 is 0 Å². The highest BCUT2D eigenvalue weighted by molar-refractivity contribution is 5.95. The number of benzene rings is 1. The van der Waals surface area contributed by atoms with Crippen molar-refractivity contribution in [3.05, 3.63) is 32.5 Å². The zero-order valence-corrected chi connectivity index (χ0v) is 7.58. The summed E-state index contributed by atoms with van der Waals surface area (Å²) >= 11 is 0. The Morgan fingerprint density at radius 3 is 2.44 bits per heavy atom. The molecule has 16 heavy (non-hydrogen) atoms. The van der Waals surface area contributed by atoms with Gasteiger partial charge in [0.05, 0.1) is 22.1 Å². The first-order chi connectivity index (χ1) is 7.52. The van der Waals surface area contributed by atoms with Crippen LogP contribution >= 0.6 is 0 Å². The van der Waals surface area contributed by atoms with Crippen LogP contribution in [0.4, 0.5) is 11.4 Å². The summed E-state index contributed by atoms with van der Waals surface area (Å²) in [7, 11) is 0. The molecule has 0 amide bonds. The quantitative estimate of drug-likeness (QED) is 0.578. The summed E-state index contributed by atoms with van der Waals surface area (Å²) in [6, 6.07) is 0.702. The minimum absolute atomic E-state index is 0.0214. The van der Waals surface area contributed by atoms with Gasteiger partial charge < -0.3 is 5.11 Å². The Morgan fingerprint density at radius 1 is 1.25 bits per heavy atom. The fourth-order valence-electron chi connectivity index (χ4n) is 1.35. The van der Waals surface area contributed by atoms with Crippen molar-refractivity contribution in [3.8, 4) is 5.75 Å². The predicted octanol–water partition coefficient (Wildman–Crippen LogP) is 1.08. The lowest BCUT2D eigenvalue weighted by Crippen LogP contribution is -1.94. The van der Waals surface area contributed by atoms with Crippen molar-refractivity contribution < 1.29 is 15.0 Å². The molecule has 0 bridgehead atoms. The van der Waals surface area contributed by atoms with Crippen LogP contribution in [0.25, 0.3) is 10.9 Å². The first kappa shape index (κ1) is 9.83. The number of hydrogen-bond acceptors (Lipinski definition) is 6. The van der Waals surface area contributed by atoms with Gasteiger partial charge in [-0.2, -0.15) is 5.10 Å². The Labute approximate surface area is 86.6 Å². The number of rotatable bonds is 2. The van der Waals surface area contributed by atoms with Gasteiger partial charge >= 0.3 is 5.69 Å². The number of aromatic hydroxyl groups is 1. The van der Waals surface area contributed by atoms with Crippen molar-refractivity contribution in [2.45, 2.75) is 0 Å². The molecule has 2 aromatic rings. The van der Waals surface area contributed by atoms with Crippen molar-refractivity contribution in [1.29, 1.82) is 0 Å². The third kappa shape index (κ3) is 1.22. The van der Waals surface area contributed by atoms with E-state index in [9.17, 15) is 25.3 Å². The minimum Gasteiger partial charge on any atom is -0.501 e. The number of aromatic nitrogens is 2. The van der Waals surface area contributed by atoms with Gasteiger partial charge in [0.25, 0.3) is 5.69 Å². The van der Waals surface area contributed by atoms with Crippen LogP contribution in [-0.4, -0.2) is 25.2 Å². The van der Waals surface area contributed by atoms with E-state index in [4.69, 9.17) is 0 Å². The number of nitrogens with one attached hydrogen (secondary N) is 1. The van der Waals surface area contributed by atoms with E-state index >= 15 is 0 Å². The third-order valence-corrected chi connectivity index (χ3v) is 2.06. The van der Waals surface area contributed by atoms with Gasteiger partial charge in [-0.1, -0.05) is 0 Å². The van der Waals surface area contributed by atoms with Crippen LogP contribution in [0.3, 0.4) is 0 Å². The number of nitro groups is 2. The molecule has 9 nitrogen and oxygen atoms in total. The van der Waals surface area contributed by atoms with E-state index in [0.717, 1.165) is 6.20 Å². The molecule has 1 aromatic heterocycles. The zero-order chi connectivity index (χ0) is 11.9. The maximum atomic E-state index is 10.7. The average Bonchev–Trinajstić information content (AvgIpc) is 2.66. The van der Waals surface area contributed by atoms with E-state index < -0.39 is 27.0 Å². The molecule has 9 heteroatoms. The Bertz CT molecular complexity index is 604. The fourth-order valence-corrected chi connectivity index (χ4v) is 1.35. The minimum atomic E-state index is -0.900. The molecule has 1 aromatic carbocycles. The Balaban J connectivity index is 2.90. The second kappa shape index (κ2) is 3.15. The van der Waals surface area contributed by atoms with Crippen LogP contribution in [0.5, 0.6) is 5.75 Å². The summed E-state index contributed by atoms with van der Waals surface area (Å²) in [4.78, 5) is 19.5. The van der Waals surface area contributed by atoms with Crippen LogP contribution in [0.2, 0.25) is 0 Å². The van der Waals surface area contributed by atoms with Crippen molar-refractivity contribution in [1.82, 2.24) is 10.2 Å². The fraction of sp³-hybridized carbons (Fsp3) is 0. The van der Waals surface area contributed by atoms with Gasteiger partial charge in [-0.3, -0.25) is 25.3 Å². The lowest BCUT2D eigenvalue weighted by Gasteiger charge is -1.98. The topological polar surface area (TPSA) is 135 Å². The second-order valence-corrected chi connectivity index (χ2v) is 2.94. The predicted molar refractivity (Wildman–Crippen MR) is 51.1 cm³/mol. The van der Waals surface area contributed by atoms with Gasteiger partial charge in [-0.15, -0.1) is 0 Å². The third-order valence-electron chi connectivity index (χ3n) is 2.06. The number of nitrogens with zero attached hydrogens (tertiary/aromatic N) is 3. The van der Waals surface area contributed by atoms with E-state index in [1.807, 2.05) is 0 Å². The van der Waals surface area contributed by atoms with Gasteiger partial charge in [0, 0.05) is 0 Å². The Hall–Kier alpha value is -2.71. The maximum absolute atomic E-state index is 10.7. The highest BCUT2D eigenvalue weighted by Crippen LogP contribution is 2.38. The van der Waals surface area contributed by atoms with E-state index in [-0.39, 0.29) is 10.9 Å². The number of H-pyrrole nitrogens is 1. The summed E-state index contributed by atoms with van der Waals surface area (Å²) < 4.78 is 0. The number of non-ortho nitro benzene ring substituents is 1. The first-order valence-electron chi connectivity index (χ1n) is 4.00. The van der Waals surface area contributed by atoms with Crippen LogP contribution in [0.15, 0.2) is 12.3 Å². The smallest absolute Gasteiger partial charge is 0.319 e. The van der Waals surface area contributed by atoms with Crippen LogP contribution in [0.1, 0.15) is 0 Å². The van der Waals surface area contributed by atoms with Crippen LogP contribution in [-0.2, 0) is 0 Å². The average molecular weight is 224 g/mol. The molecule has 0 saturated carbocycles. The highest BCUT2D eigenvalue weighted by atomic mass is 16.6. The van der Waals surface area contributed by atoms with Gasteiger partial charge in [0.15, 0.2) is 0 Å². The molecule has 0 aliphatic rings. The van der Waals surface area contributed by atoms with Crippen molar-refractivity contribution >= 4 is 22.3 Å². The van der Waals surface area contributed by atoms with Gasteiger partial charge in [0.2, 0.25) is 5.75 Å². The first-order valence-corrected chi connectivity index (χ1v) is 4.00. The summed E-state index contributed by atoms with van der Waals surface area (Å²) in [6.07, 6.45) is 1.12. The van der Waals surface area contributed by atoms with E-state index in [1.165, 1.54) is 0 Å². The van der Waals surface area contributed by atoms with E-state index in [0.29, 0.717) is 6.07 Å². The molecule has 0 unspecified atom stereocenters. The van der Waals surface area contributed by atoms with Crippen molar-refractivity contribution in [2.75, 3.05) is 0 Å². The van der Waals surface area contributed by atoms with Crippen molar-refractivity contribution in [2.24, 2.45) is 0 Å². The molecule has 0 radical (unpaired) electrons. The number of hydrogen-bond donors (Lipinski definition) is 2. The highest BCUT2D eigenvalue weighted by Gasteiger charge is 2.26. The van der Waals surface area contributed by atoms with Gasteiger partial charge in [-0.05, 0) is 0 Å². The summed E-state index contributed by atoms with van der Waals surface area (Å²) in [5.41, 5.74) is -1.34. The maximum Gasteiger partial charge on any atom is 0.319 e. The summed E-state index contributed by atoms with van der Waals surface area (Å²) in [5.74, 6) is -0.664. The largest absolute Gasteiger partial charge is 0.501 e. The number of phenols is 1. The Kier molecular flexibility index (Phi) is 1.94. The van der Waals surface area contributed by atoms with E-state index in [1.54, 1.807) is 0 Å². The molecule has 1 heterocycles. The molecule has 0 aliphatic heterocycles. The molecule has 0 aliphatic carbocycles. The molecule has 0 spiro atoms. The molecule has 0 saturated heterocycles. The lowest BCUT2D eigenvalue weighted by atomic mass is 10.2.